The van der Waals surface area contributed by atoms with Gasteiger partial charge in [0.1, 0.15) is 0 Å². The van der Waals surface area contributed by atoms with Crippen LogP contribution in [0.5, 0.6) is 0 Å². The van der Waals surface area contributed by atoms with E-state index in [4.69, 9.17) is 5.73 Å². The van der Waals surface area contributed by atoms with Gasteiger partial charge in [-0.1, -0.05) is 44.6 Å². The predicted molar refractivity (Wildman–Crippen MR) is 61.5 cm³/mol. The lowest BCUT2D eigenvalue weighted by Gasteiger charge is -2.31. The topological polar surface area (TPSA) is 26.0 Å². The summed E-state index contributed by atoms with van der Waals surface area (Å²) in [7, 11) is 0. The smallest absolute Gasteiger partial charge is 0.322 e. The van der Waals surface area contributed by atoms with Crippen molar-refractivity contribution in [3.05, 3.63) is 22.2 Å². The van der Waals surface area contributed by atoms with Crippen molar-refractivity contribution in [3.8, 4) is 0 Å². The molecule has 0 fully saturated rings. The van der Waals surface area contributed by atoms with Crippen LogP contribution in [0.1, 0.15) is 6.92 Å². The number of rotatable bonds is 0. The maximum Gasteiger partial charge on any atom is 0.416 e. The standard InChI is InChI=1S/C8H8BrF3IN/c1-7(13)3-4(8(10,11)12)2-5(9)6(7)14/h2-3,6H,14H2,1H3. The molecule has 0 aromatic heterocycles. The monoisotopic (exact) mass is 381 g/mol. The second kappa shape index (κ2) is 3.79. The maximum atomic E-state index is 12.4. The number of nitrogens with two attached hydrogens (primary N) is 1. The van der Waals surface area contributed by atoms with Gasteiger partial charge in [-0.15, -0.1) is 0 Å². The van der Waals surface area contributed by atoms with Gasteiger partial charge in [-0.05, 0) is 13.0 Å². The van der Waals surface area contributed by atoms with Gasteiger partial charge in [-0.3, -0.25) is 0 Å². The lowest BCUT2D eigenvalue weighted by Crippen LogP contribution is -2.42. The van der Waals surface area contributed by atoms with Crippen LogP contribution in [0.25, 0.3) is 0 Å². The number of alkyl halides is 4. The van der Waals surface area contributed by atoms with Crippen molar-refractivity contribution in [3.63, 3.8) is 0 Å². The van der Waals surface area contributed by atoms with E-state index in [1.807, 2.05) is 22.6 Å². The van der Waals surface area contributed by atoms with Crippen molar-refractivity contribution >= 4 is 38.5 Å². The van der Waals surface area contributed by atoms with Gasteiger partial charge in [0.05, 0.1) is 15.0 Å². The molecule has 14 heavy (non-hydrogen) atoms. The fraction of sp³-hybridized carbons (Fsp3) is 0.500. The lowest BCUT2D eigenvalue weighted by molar-refractivity contribution is -0.0888. The Bertz CT molecular complexity index is 306. The molecule has 0 aromatic rings. The lowest BCUT2D eigenvalue weighted by atomic mass is 9.93. The highest BCUT2D eigenvalue weighted by atomic mass is 127. The van der Waals surface area contributed by atoms with Gasteiger partial charge < -0.3 is 5.73 Å². The van der Waals surface area contributed by atoms with Crippen LogP contribution in [0.15, 0.2) is 22.2 Å². The van der Waals surface area contributed by atoms with Crippen LogP contribution in [0.2, 0.25) is 0 Å². The Kier molecular flexibility index (Phi) is 3.38. The fourth-order valence-electron chi connectivity index (χ4n) is 1.11. The second-order valence-corrected chi connectivity index (χ2v) is 6.50. The molecular formula is C8H8BrF3IN. The minimum absolute atomic E-state index is 0.379. The second-order valence-electron chi connectivity index (χ2n) is 3.26. The van der Waals surface area contributed by atoms with Crippen molar-refractivity contribution in [2.45, 2.75) is 22.6 Å². The normalized spacial score (nSPS) is 33.8. The summed E-state index contributed by atoms with van der Waals surface area (Å²) >= 11 is 4.97. The summed E-state index contributed by atoms with van der Waals surface area (Å²) in [4.78, 5) is 0. The number of halogens is 5. The molecule has 0 heterocycles. The molecule has 1 nitrogen and oxygen atoms in total. The Morgan fingerprint density at radius 1 is 1.57 bits per heavy atom. The molecule has 0 saturated carbocycles. The Morgan fingerprint density at radius 3 is 2.43 bits per heavy atom. The van der Waals surface area contributed by atoms with Gasteiger partial charge in [0.25, 0.3) is 0 Å². The highest BCUT2D eigenvalue weighted by Crippen LogP contribution is 2.40. The van der Waals surface area contributed by atoms with Crippen molar-refractivity contribution in [1.82, 2.24) is 0 Å². The summed E-state index contributed by atoms with van der Waals surface area (Å²) in [5.74, 6) is 0. The van der Waals surface area contributed by atoms with Crippen molar-refractivity contribution in [2.24, 2.45) is 5.73 Å². The number of allylic oxidation sites excluding steroid dienone is 2. The van der Waals surface area contributed by atoms with Gasteiger partial charge in [-0.25, -0.2) is 0 Å². The summed E-state index contributed by atoms with van der Waals surface area (Å²) in [6, 6.07) is -0.436. The van der Waals surface area contributed by atoms with Gasteiger partial charge in [-0.2, -0.15) is 13.2 Å². The zero-order chi connectivity index (χ0) is 11.1. The highest BCUT2D eigenvalue weighted by molar-refractivity contribution is 14.1. The third-order valence-corrected chi connectivity index (χ3v) is 3.67. The Labute approximate surface area is 102 Å². The van der Waals surface area contributed by atoms with Gasteiger partial charge in [0.2, 0.25) is 0 Å². The number of hydrogen-bond acceptors (Lipinski definition) is 1. The van der Waals surface area contributed by atoms with Crippen LogP contribution >= 0.6 is 38.5 Å². The summed E-state index contributed by atoms with van der Waals surface area (Å²) in [6.07, 6.45) is -2.13. The molecule has 2 N–H and O–H groups in total. The van der Waals surface area contributed by atoms with E-state index in [9.17, 15) is 13.2 Å². The Balaban J connectivity index is 3.13. The van der Waals surface area contributed by atoms with Crippen LogP contribution in [-0.2, 0) is 0 Å². The minimum atomic E-state index is -4.31. The summed E-state index contributed by atoms with van der Waals surface area (Å²) in [5, 5.41) is 0. The Hall–Kier alpha value is 0.440. The first-order chi connectivity index (χ1) is 6.14. The van der Waals surface area contributed by atoms with Crippen molar-refractivity contribution in [2.75, 3.05) is 0 Å². The quantitative estimate of drug-likeness (QED) is 0.505. The highest BCUT2D eigenvalue weighted by Gasteiger charge is 2.40. The molecule has 0 saturated heterocycles. The van der Waals surface area contributed by atoms with E-state index >= 15 is 0 Å². The molecule has 0 bridgehead atoms. The van der Waals surface area contributed by atoms with Crippen LogP contribution in [0.4, 0.5) is 13.2 Å². The van der Waals surface area contributed by atoms with Crippen LogP contribution < -0.4 is 5.73 Å². The SMILES string of the molecule is CC1(I)C=C(C(F)(F)F)C=C(Br)C1N. The molecule has 80 valence electrons. The molecule has 0 spiro atoms. The first-order valence-corrected chi connectivity index (χ1v) is 5.63. The van der Waals surface area contributed by atoms with E-state index in [0.717, 1.165) is 12.2 Å². The van der Waals surface area contributed by atoms with Gasteiger partial charge in [0.15, 0.2) is 0 Å². The molecule has 0 aromatic carbocycles. The van der Waals surface area contributed by atoms with Crippen LogP contribution in [0.3, 0.4) is 0 Å². The van der Waals surface area contributed by atoms with E-state index in [0.29, 0.717) is 4.48 Å². The molecule has 2 atom stereocenters. The third-order valence-electron chi connectivity index (χ3n) is 1.96. The average Bonchev–Trinajstić information content (AvgIpc) is 1.97. The van der Waals surface area contributed by atoms with Crippen LogP contribution in [-0.4, -0.2) is 15.6 Å². The first kappa shape index (κ1) is 12.5. The van der Waals surface area contributed by atoms with E-state index in [-0.39, 0.29) is 0 Å². The van der Waals surface area contributed by atoms with Crippen LogP contribution in [0, 0.1) is 0 Å². The van der Waals surface area contributed by atoms with E-state index in [1.54, 1.807) is 6.92 Å². The fourth-order valence-corrected chi connectivity index (χ4v) is 2.93. The third kappa shape index (κ3) is 2.52. The predicted octanol–water partition coefficient (Wildman–Crippen LogP) is 3.29. The largest absolute Gasteiger partial charge is 0.416 e. The molecule has 6 heteroatoms. The summed E-state index contributed by atoms with van der Waals surface area (Å²) < 4.78 is 36.9. The summed E-state index contributed by atoms with van der Waals surface area (Å²) in [6.45, 7) is 1.66. The van der Waals surface area contributed by atoms with E-state index in [2.05, 4.69) is 15.9 Å². The maximum absolute atomic E-state index is 12.4. The minimum Gasteiger partial charge on any atom is -0.322 e. The molecule has 0 aliphatic heterocycles. The van der Waals surface area contributed by atoms with Crippen molar-refractivity contribution < 1.29 is 13.2 Å². The number of hydrogen-bond donors (Lipinski definition) is 1. The summed E-state index contributed by atoms with van der Waals surface area (Å²) in [5.41, 5.74) is 5.08. The molecular weight excluding hydrogens is 374 g/mol. The zero-order valence-electron chi connectivity index (χ0n) is 7.20. The molecule has 1 aliphatic rings. The molecule has 0 amide bonds. The van der Waals surface area contributed by atoms with Gasteiger partial charge in [0, 0.05) is 4.48 Å². The Morgan fingerprint density at radius 2 is 2.07 bits per heavy atom. The molecule has 1 rings (SSSR count). The molecule has 0 radical (unpaired) electrons. The molecule has 2 unspecified atom stereocenters. The van der Waals surface area contributed by atoms with E-state index < -0.39 is 21.2 Å². The van der Waals surface area contributed by atoms with Crippen molar-refractivity contribution in [1.29, 1.82) is 0 Å². The van der Waals surface area contributed by atoms with Gasteiger partial charge >= 0.3 is 6.18 Å². The molecule has 1 aliphatic carbocycles. The average molecular weight is 382 g/mol. The van der Waals surface area contributed by atoms with E-state index in [1.165, 1.54) is 0 Å². The first-order valence-electron chi connectivity index (χ1n) is 3.76. The zero-order valence-corrected chi connectivity index (χ0v) is 10.9.